The van der Waals surface area contributed by atoms with Gasteiger partial charge in [-0.3, -0.25) is 0 Å². The van der Waals surface area contributed by atoms with E-state index in [-0.39, 0.29) is 6.61 Å². The number of carbonyl (C=O) groups is 1. The summed E-state index contributed by atoms with van der Waals surface area (Å²) in [5, 5.41) is 0. The fraction of sp³-hybridized carbons (Fsp3) is 0.211. The van der Waals surface area contributed by atoms with Gasteiger partial charge in [-0.2, -0.15) is 0 Å². The first-order chi connectivity index (χ1) is 12.0. The molecule has 6 heteroatoms. The highest BCUT2D eigenvalue weighted by atomic mass is 79.9. The normalized spacial score (nSPS) is 10.0. The lowest BCUT2D eigenvalue weighted by molar-refractivity contribution is 0.0556. The smallest absolute Gasteiger partial charge is 0.339 e. The lowest BCUT2D eigenvalue weighted by Gasteiger charge is -2.15. The van der Waals surface area contributed by atoms with E-state index >= 15 is 0 Å². The maximum Gasteiger partial charge on any atom is 0.339 e. The van der Waals surface area contributed by atoms with Gasteiger partial charge in [0.05, 0.1) is 16.6 Å². The predicted octanol–water partition coefficient (Wildman–Crippen LogP) is 4.98. The molecular formula is C19H16Br2O4. The zero-order valence-corrected chi connectivity index (χ0v) is 16.7. The van der Waals surface area contributed by atoms with Crippen molar-refractivity contribution in [3.8, 4) is 23.8 Å². The van der Waals surface area contributed by atoms with E-state index in [1.165, 1.54) is 0 Å². The molecule has 4 nitrogen and oxygen atoms in total. The molecule has 0 bridgehead atoms. The van der Waals surface area contributed by atoms with Crippen molar-refractivity contribution in [2.45, 2.75) is 13.5 Å². The molecule has 0 atom stereocenters. The van der Waals surface area contributed by atoms with Gasteiger partial charge in [0.25, 0.3) is 0 Å². The first-order valence-corrected chi connectivity index (χ1v) is 9.08. The lowest BCUT2D eigenvalue weighted by atomic mass is 10.2. The van der Waals surface area contributed by atoms with E-state index < -0.39 is 5.97 Å². The summed E-state index contributed by atoms with van der Waals surface area (Å²) in [6.45, 7) is 2.58. The Balaban J connectivity index is 2.22. The van der Waals surface area contributed by atoms with Gasteiger partial charge in [-0.25, -0.2) is 4.79 Å². The highest BCUT2D eigenvalue weighted by Crippen LogP contribution is 2.37. The summed E-state index contributed by atoms with van der Waals surface area (Å²) in [5.41, 5.74) is 1.34. The van der Waals surface area contributed by atoms with Crippen LogP contribution in [0, 0.1) is 12.3 Å². The van der Waals surface area contributed by atoms with Crippen LogP contribution in [0.25, 0.3) is 0 Å². The molecule has 2 aromatic carbocycles. The van der Waals surface area contributed by atoms with E-state index in [9.17, 15) is 4.79 Å². The molecule has 0 saturated heterocycles. The summed E-state index contributed by atoms with van der Waals surface area (Å²) in [7, 11) is 0. The van der Waals surface area contributed by atoms with Gasteiger partial charge < -0.3 is 14.2 Å². The number of rotatable bonds is 7. The topological polar surface area (TPSA) is 44.8 Å². The second-order valence-corrected chi connectivity index (χ2v) is 6.68. The molecule has 0 radical (unpaired) electrons. The monoisotopic (exact) mass is 466 g/mol. The van der Waals surface area contributed by atoms with Crippen LogP contribution in [0.1, 0.15) is 22.8 Å². The van der Waals surface area contributed by atoms with Crippen molar-refractivity contribution in [1.29, 1.82) is 0 Å². The summed E-state index contributed by atoms with van der Waals surface area (Å²) in [5.74, 6) is 2.73. The Morgan fingerprint density at radius 3 is 2.52 bits per heavy atom. The minimum Gasteiger partial charge on any atom is -0.490 e. The van der Waals surface area contributed by atoms with Crippen molar-refractivity contribution in [1.82, 2.24) is 0 Å². The molecule has 0 saturated carbocycles. The first-order valence-electron chi connectivity index (χ1n) is 7.49. The SMILES string of the molecule is C#CCOC(=O)c1cc(Br)c(OCc2ccc(Br)cc2)c(OCC)c1. The zero-order valence-electron chi connectivity index (χ0n) is 13.6. The number of halogens is 2. The lowest BCUT2D eigenvalue weighted by Crippen LogP contribution is -2.07. The molecule has 0 spiro atoms. The van der Waals surface area contributed by atoms with Crippen LogP contribution >= 0.6 is 31.9 Å². The minimum absolute atomic E-state index is 0.0811. The fourth-order valence-electron chi connectivity index (χ4n) is 2.02. The highest BCUT2D eigenvalue weighted by molar-refractivity contribution is 9.10. The van der Waals surface area contributed by atoms with E-state index in [0.717, 1.165) is 10.0 Å². The van der Waals surface area contributed by atoms with Gasteiger partial charge in [0, 0.05) is 4.47 Å². The number of esters is 1. The minimum atomic E-state index is -0.515. The van der Waals surface area contributed by atoms with Crippen molar-refractivity contribution < 1.29 is 19.0 Å². The second-order valence-electron chi connectivity index (χ2n) is 4.91. The van der Waals surface area contributed by atoms with Gasteiger partial charge in [0.2, 0.25) is 0 Å². The van der Waals surface area contributed by atoms with Crippen LogP contribution < -0.4 is 9.47 Å². The third-order valence-electron chi connectivity index (χ3n) is 3.13. The second kappa shape index (κ2) is 9.50. The van der Waals surface area contributed by atoms with Crippen molar-refractivity contribution >= 4 is 37.8 Å². The maximum atomic E-state index is 12.0. The van der Waals surface area contributed by atoms with E-state index in [1.54, 1.807) is 12.1 Å². The van der Waals surface area contributed by atoms with Crippen LogP contribution in [0.5, 0.6) is 11.5 Å². The molecule has 0 heterocycles. The molecule has 25 heavy (non-hydrogen) atoms. The van der Waals surface area contributed by atoms with Gasteiger partial charge in [-0.05, 0) is 52.7 Å². The Morgan fingerprint density at radius 2 is 1.88 bits per heavy atom. The van der Waals surface area contributed by atoms with E-state index in [2.05, 4.69) is 37.8 Å². The standard InChI is InChI=1S/C19H16Br2O4/c1-3-9-24-19(22)14-10-16(21)18(17(11-14)23-4-2)25-12-13-5-7-15(20)8-6-13/h1,5-8,10-11H,4,9,12H2,2H3. The summed E-state index contributed by atoms with van der Waals surface area (Å²) in [6.07, 6.45) is 5.11. The quantitative estimate of drug-likeness (QED) is 0.425. The van der Waals surface area contributed by atoms with Gasteiger partial charge in [-0.1, -0.05) is 34.0 Å². The Kier molecular flexibility index (Phi) is 7.35. The molecule has 2 aromatic rings. The third-order valence-corrected chi connectivity index (χ3v) is 4.25. The van der Waals surface area contributed by atoms with E-state index in [0.29, 0.717) is 34.7 Å². The van der Waals surface area contributed by atoms with Crippen LogP contribution in [0.4, 0.5) is 0 Å². The van der Waals surface area contributed by atoms with E-state index in [1.807, 2.05) is 31.2 Å². The Hall–Kier alpha value is -1.97. The van der Waals surface area contributed by atoms with Gasteiger partial charge in [-0.15, -0.1) is 6.42 Å². The molecule has 0 aromatic heterocycles. The van der Waals surface area contributed by atoms with Gasteiger partial charge in [0.1, 0.15) is 6.61 Å². The summed E-state index contributed by atoms with van der Waals surface area (Å²) in [4.78, 5) is 12.0. The van der Waals surface area contributed by atoms with Crippen LogP contribution in [-0.2, 0) is 11.3 Å². The van der Waals surface area contributed by atoms with Crippen molar-refractivity contribution in [3.05, 3.63) is 56.5 Å². The van der Waals surface area contributed by atoms with Crippen LogP contribution in [0.3, 0.4) is 0 Å². The molecule has 0 unspecified atom stereocenters. The largest absolute Gasteiger partial charge is 0.490 e. The molecule has 0 amide bonds. The molecule has 0 aliphatic rings. The van der Waals surface area contributed by atoms with Gasteiger partial charge in [0.15, 0.2) is 18.1 Å². The number of carbonyl (C=O) groups excluding carboxylic acids is 1. The van der Waals surface area contributed by atoms with E-state index in [4.69, 9.17) is 20.6 Å². The van der Waals surface area contributed by atoms with Crippen LogP contribution in [0.2, 0.25) is 0 Å². The average Bonchev–Trinajstić information content (AvgIpc) is 2.60. The predicted molar refractivity (Wildman–Crippen MR) is 103 cm³/mol. The fourth-order valence-corrected chi connectivity index (χ4v) is 2.84. The van der Waals surface area contributed by atoms with Crippen molar-refractivity contribution in [3.63, 3.8) is 0 Å². The molecule has 0 fully saturated rings. The number of benzene rings is 2. The Morgan fingerprint density at radius 1 is 1.16 bits per heavy atom. The Bertz CT molecular complexity index is 779. The molecule has 0 N–H and O–H groups in total. The third kappa shape index (κ3) is 5.52. The molecular weight excluding hydrogens is 452 g/mol. The van der Waals surface area contributed by atoms with Crippen molar-refractivity contribution in [2.75, 3.05) is 13.2 Å². The molecule has 0 aliphatic carbocycles. The molecule has 130 valence electrons. The van der Waals surface area contributed by atoms with Crippen LogP contribution in [0.15, 0.2) is 45.3 Å². The average molecular weight is 468 g/mol. The maximum absolute atomic E-state index is 12.0. The Labute approximate surface area is 163 Å². The molecule has 2 rings (SSSR count). The number of hydrogen-bond donors (Lipinski definition) is 0. The molecule has 0 aliphatic heterocycles. The number of terminal acetylenes is 1. The zero-order chi connectivity index (χ0) is 18.2. The first kappa shape index (κ1) is 19.4. The number of ether oxygens (including phenoxy) is 3. The van der Waals surface area contributed by atoms with Gasteiger partial charge >= 0.3 is 5.97 Å². The van der Waals surface area contributed by atoms with Crippen molar-refractivity contribution in [2.24, 2.45) is 0 Å². The summed E-state index contributed by atoms with van der Waals surface area (Å²) >= 11 is 6.83. The summed E-state index contributed by atoms with van der Waals surface area (Å²) in [6, 6.07) is 11.0. The van der Waals surface area contributed by atoms with Crippen LogP contribution in [-0.4, -0.2) is 19.2 Å². The highest BCUT2D eigenvalue weighted by Gasteiger charge is 2.17. The number of hydrogen-bond acceptors (Lipinski definition) is 4. The summed E-state index contributed by atoms with van der Waals surface area (Å²) < 4.78 is 18.1.